The van der Waals surface area contributed by atoms with Crippen molar-refractivity contribution in [2.75, 3.05) is 13.3 Å². The largest absolute Gasteiger partial charge is 0.361 e. The van der Waals surface area contributed by atoms with Crippen LogP contribution in [0, 0.1) is 19.8 Å². The van der Waals surface area contributed by atoms with Crippen LogP contribution in [0.25, 0.3) is 0 Å². The summed E-state index contributed by atoms with van der Waals surface area (Å²) in [5.41, 5.74) is 1.58. The number of rotatable bonds is 7. The van der Waals surface area contributed by atoms with Gasteiger partial charge in [0.05, 0.1) is 18.5 Å². The van der Waals surface area contributed by atoms with E-state index in [0.717, 1.165) is 17.5 Å². The molecule has 0 bridgehead atoms. The number of carbonyl (C=O) groups excluding carboxylic acids is 1. The number of hydrogen-bond acceptors (Lipinski definition) is 5. The quantitative estimate of drug-likeness (QED) is 0.811. The highest BCUT2D eigenvalue weighted by Gasteiger charge is 2.27. The molecule has 1 aromatic rings. The zero-order chi connectivity index (χ0) is 17.1. The zero-order valence-corrected chi connectivity index (χ0v) is 14.8. The normalized spacial score (nSPS) is 13.4. The van der Waals surface area contributed by atoms with Crippen molar-refractivity contribution in [3.8, 4) is 0 Å². The van der Waals surface area contributed by atoms with Crippen molar-refractivity contribution in [1.82, 2.24) is 14.8 Å². The maximum atomic E-state index is 12.6. The van der Waals surface area contributed by atoms with Gasteiger partial charge in [0.1, 0.15) is 11.8 Å². The van der Waals surface area contributed by atoms with Crippen molar-refractivity contribution in [3.63, 3.8) is 0 Å². The lowest BCUT2D eigenvalue weighted by Crippen LogP contribution is -2.47. The first-order valence-electron chi connectivity index (χ1n) is 7.15. The van der Waals surface area contributed by atoms with Gasteiger partial charge in [-0.25, -0.2) is 13.1 Å². The van der Waals surface area contributed by atoms with Gasteiger partial charge in [0.2, 0.25) is 15.9 Å². The summed E-state index contributed by atoms with van der Waals surface area (Å²) >= 11 is 0. The van der Waals surface area contributed by atoms with Crippen LogP contribution < -0.4 is 4.72 Å². The predicted molar refractivity (Wildman–Crippen MR) is 83.7 cm³/mol. The molecule has 8 heteroatoms. The first-order chi connectivity index (χ1) is 10.0. The molecule has 0 aromatic carbocycles. The summed E-state index contributed by atoms with van der Waals surface area (Å²) in [6.07, 6.45) is 1.50. The first kappa shape index (κ1) is 18.6. The second kappa shape index (κ2) is 7.23. The Kier molecular flexibility index (Phi) is 6.13. The Bertz CT molecular complexity index is 603. The summed E-state index contributed by atoms with van der Waals surface area (Å²) in [5.74, 6) is 0.587. The summed E-state index contributed by atoms with van der Waals surface area (Å²) in [4.78, 5) is 14.1. The fraction of sp³-hybridized carbons (Fsp3) is 0.714. The van der Waals surface area contributed by atoms with Gasteiger partial charge >= 0.3 is 0 Å². The summed E-state index contributed by atoms with van der Waals surface area (Å²) < 4.78 is 30.4. The standard InChI is InChI=1S/C14H25N3O4S/c1-9(2)7-13(16-22(6,19)20)14(18)17(5)8-12-10(3)15-21-11(12)4/h9,13,16H,7-8H2,1-6H3/t13-/m0/s1. The molecule has 0 fully saturated rings. The molecule has 1 amide bonds. The van der Waals surface area contributed by atoms with Gasteiger partial charge in [0.25, 0.3) is 0 Å². The topological polar surface area (TPSA) is 92.5 Å². The van der Waals surface area contributed by atoms with E-state index >= 15 is 0 Å². The van der Waals surface area contributed by atoms with Crippen molar-refractivity contribution in [2.24, 2.45) is 5.92 Å². The van der Waals surface area contributed by atoms with E-state index in [1.165, 1.54) is 4.90 Å². The minimum atomic E-state index is -3.45. The minimum Gasteiger partial charge on any atom is -0.361 e. The van der Waals surface area contributed by atoms with Crippen LogP contribution >= 0.6 is 0 Å². The fourth-order valence-electron chi connectivity index (χ4n) is 2.24. The van der Waals surface area contributed by atoms with Gasteiger partial charge in [0, 0.05) is 12.6 Å². The highest BCUT2D eigenvalue weighted by molar-refractivity contribution is 7.88. The van der Waals surface area contributed by atoms with E-state index in [-0.39, 0.29) is 11.8 Å². The molecule has 1 aromatic heterocycles. The molecule has 1 atom stereocenters. The van der Waals surface area contributed by atoms with Crippen molar-refractivity contribution < 1.29 is 17.7 Å². The molecule has 1 heterocycles. The maximum Gasteiger partial charge on any atom is 0.240 e. The fourth-order valence-corrected chi connectivity index (χ4v) is 2.95. The highest BCUT2D eigenvalue weighted by Crippen LogP contribution is 2.16. The molecular weight excluding hydrogens is 306 g/mol. The van der Waals surface area contributed by atoms with E-state index in [1.807, 2.05) is 20.8 Å². The number of nitrogens with one attached hydrogen (secondary N) is 1. The third-order valence-electron chi connectivity index (χ3n) is 3.31. The van der Waals surface area contributed by atoms with Gasteiger partial charge in [-0.3, -0.25) is 4.79 Å². The number of sulfonamides is 1. The van der Waals surface area contributed by atoms with Crippen LogP contribution in [0.3, 0.4) is 0 Å². The molecule has 126 valence electrons. The molecule has 0 unspecified atom stereocenters. The van der Waals surface area contributed by atoms with Crippen LogP contribution in [-0.2, 0) is 21.4 Å². The summed E-state index contributed by atoms with van der Waals surface area (Å²) in [5, 5.41) is 3.86. The molecule has 0 aliphatic heterocycles. The second-order valence-corrected chi connectivity index (χ2v) is 7.85. The van der Waals surface area contributed by atoms with E-state index in [0.29, 0.717) is 18.7 Å². The monoisotopic (exact) mass is 331 g/mol. The first-order valence-corrected chi connectivity index (χ1v) is 9.04. The number of aromatic nitrogens is 1. The molecular formula is C14H25N3O4S. The molecule has 0 saturated carbocycles. The molecule has 0 aliphatic rings. The van der Waals surface area contributed by atoms with Gasteiger partial charge in [-0.2, -0.15) is 0 Å². The number of carbonyl (C=O) groups is 1. The lowest BCUT2D eigenvalue weighted by atomic mass is 10.0. The van der Waals surface area contributed by atoms with Crippen LogP contribution in [0.1, 0.15) is 37.3 Å². The Morgan fingerprint density at radius 1 is 1.36 bits per heavy atom. The van der Waals surface area contributed by atoms with E-state index in [2.05, 4.69) is 9.88 Å². The minimum absolute atomic E-state index is 0.190. The van der Waals surface area contributed by atoms with Crippen molar-refractivity contribution in [3.05, 3.63) is 17.0 Å². The van der Waals surface area contributed by atoms with Gasteiger partial charge < -0.3 is 9.42 Å². The molecule has 0 aliphatic carbocycles. The average Bonchev–Trinajstić information content (AvgIpc) is 2.66. The Balaban J connectivity index is 2.88. The summed E-state index contributed by atoms with van der Waals surface area (Å²) in [6.45, 7) is 7.82. The second-order valence-electron chi connectivity index (χ2n) is 6.07. The van der Waals surface area contributed by atoms with Crippen LogP contribution in [-0.4, -0.2) is 43.7 Å². The van der Waals surface area contributed by atoms with E-state index in [1.54, 1.807) is 14.0 Å². The lowest BCUT2D eigenvalue weighted by molar-refractivity contribution is -0.132. The van der Waals surface area contributed by atoms with Crippen LogP contribution in [0.15, 0.2) is 4.52 Å². The third kappa shape index (κ3) is 5.42. The lowest BCUT2D eigenvalue weighted by Gasteiger charge is -2.25. The van der Waals surface area contributed by atoms with Crippen molar-refractivity contribution >= 4 is 15.9 Å². The molecule has 7 nitrogen and oxygen atoms in total. The number of amides is 1. The molecule has 0 radical (unpaired) electrons. The SMILES string of the molecule is Cc1noc(C)c1CN(C)C(=O)[C@H](CC(C)C)NS(C)(=O)=O. The smallest absolute Gasteiger partial charge is 0.240 e. The maximum absolute atomic E-state index is 12.6. The van der Waals surface area contributed by atoms with Crippen LogP contribution in [0.4, 0.5) is 0 Å². The Labute approximate surface area is 132 Å². The molecule has 0 saturated heterocycles. The predicted octanol–water partition coefficient (Wildman–Crippen LogP) is 1.21. The molecule has 1 rings (SSSR count). The zero-order valence-electron chi connectivity index (χ0n) is 14.0. The molecule has 1 N–H and O–H groups in total. The van der Waals surface area contributed by atoms with Gasteiger partial charge in [-0.05, 0) is 26.2 Å². The number of aryl methyl sites for hydroxylation is 2. The summed E-state index contributed by atoms with van der Waals surface area (Å²) in [6, 6.07) is -0.763. The van der Waals surface area contributed by atoms with Crippen molar-refractivity contribution in [1.29, 1.82) is 0 Å². The Morgan fingerprint density at radius 2 is 1.95 bits per heavy atom. The van der Waals surface area contributed by atoms with Crippen LogP contribution in [0.2, 0.25) is 0 Å². The Morgan fingerprint density at radius 3 is 2.36 bits per heavy atom. The number of likely N-dealkylation sites (N-methyl/N-ethyl adjacent to an activating group) is 1. The Hall–Kier alpha value is -1.41. The summed E-state index contributed by atoms with van der Waals surface area (Å²) in [7, 11) is -1.81. The highest BCUT2D eigenvalue weighted by atomic mass is 32.2. The molecule has 0 spiro atoms. The number of nitrogens with zero attached hydrogens (tertiary/aromatic N) is 2. The van der Waals surface area contributed by atoms with E-state index in [9.17, 15) is 13.2 Å². The number of hydrogen-bond donors (Lipinski definition) is 1. The van der Waals surface area contributed by atoms with Gasteiger partial charge in [-0.1, -0.05) is 19.0 Å². The van der Waals surface area contributed by atoms with E-state index in [4.69, 9.17) is 4.52 Å². The van der Waals surface area contributed by atoms with Crippen LogP contribution in [0.5, 0.6) is 0 Å². The van der Waals surface area contributed by atoms with Gasteiger partial charge in [-0.15, -0.1) is 0 Å². The van der Waals surface area contributed by atoms with E-state index < -0.39 is 16.1 Å². The van der Waals surface area contributed by atoms with Crippen molar-refractivity contribution in [2.45, 2.75) is 46.7 Å². The van der Waals surface area contributed by atoms with Gasteiger partial charge in [0.15, 0.2) is 0 Å². The molecule has 22 heavy (non-hydrogen) atoms. The average molecular weight is 331 g/mol. The third-order valence-corrected chi connectivity index (χ3v) is 4.03.